The highest BCUT2D eigenvalue weighted by atomic mass is 35.5. The molecule has 0 aliphatic heterocycles. The fraction of sp³-hybridized carbons (Fsp3) is 0.120. The molecule has 0 saturated carbocycles. The van der Waals surface area contributed by atoms with E-state index in [1.54, 1.807) is 62.9 Å². The molecule has 0 N–H and O–H groups in total. The van der Waals surface area contributed by atoms with E-state index in [0.717, 1.165) is 10.9 Å². The summed E-state index contributed by atoms with van der Waals surface area (Å²) in [6.07, 6.45) is 1.64. The molecule has 0 fully saturated rings. The lowest BCUT2D eigenvalue weighted by Crippen LogP contribution is -2.04. The molecule has 0 unspecified atom stereocenters. The van der Waals surface area contributed by atoms with Crippen molar-refractivity contribution in [2.24, 2.45) is 0 Å². The van der Waals surface area contributed by atoms with E-state index in [0.29, 0.717) is 44.7 Å². The molecule has 0 amide bonds. The van der Waals surface area contributed by atoms with Gasteiger partial charge in [-0.25, -0.2) is 0 Å². The summed E-state index contributed by atoms with van der Waals surface area (Å²) >= 11 is 6.34. The van der Waals surface area contributed by atoms with Gasteiger partial charge in [0.05, 0.1) is 25.3 Å². The molecule has 3 aromatic carbocycles. The standard InChI is InChI=1S/C25H20ClNO4/c1-15-11-22(18(12-19(15)26)25(28)16-7-5-4-6-8-16)31-21-9-10-27-20-14-24(30-3)23(29-2)13-17(20)21/h4-14H,1-3H3. The Labute approximate surface area is 185 Å². The van der Waals surface area contributed by atoms with Gasteiger partial charge in [0.25, 0.3) is 0 Å². The van der Waals surface area contributed by atoms with Gasteiger partial charge in [-0.2, -0.15) is 0 Å². The van der Waals surface area contributed by atoms with Gasteiger partial charge in [0.15, 0.2) is 17.3 Å². The van der Waals surface area contributed by atoms with Crippen LogP contribution in [0.5, 0.6) is 23.0 Å². The predicted molar refractivity (Wildman–Crippen MR) is 121 cm³/mol. The van der Waals surface area contributed by atoms with Crippen molar-refractivity contribution in [3.63, 3.8) is 0 Å². The predicted octanol–water partition coefficient (Wildman–Crippen LogP) is 6.24. The molecule has 156 valence electrons. The molecule has 0 aliphatic rings. The van der Waals surface area contributed by atoms with Crippen LogP contribution in [0.2, 0.25) is 5.02 Å². The highest BCUT2D eigenvalue weighted by Crippen LogP contribution is 2.38. The Kier molecular flexibility index (Phi) is 5.78. The Morgan fingerprint density at radius 3 is 2.29 bits per heavy atom. The van der Waals surface area contributed by atoms with Crippen LogP contribution in [0, 0.1) is 6.92 Å². The first kappa shape index (κ1) is 20.7. The summed E-state index contributed by atoms with van der Waals surface area (Å²) in [5, 5.41) is 1.23. The van der Waals surface area contributed by atoms with Crippen molar-refractivity contribution in [1.82, 2.24) is 4.98 Å². The van der Waals surface area contributed by atoms with Crippen LogP contribution < -0.4 is 14.2 Å². The lowest BCUT2D eigenvalue weighted by Gasteiger charge is -2.15. The first-order valence-corrected chi connectivity index (χ1v) is 9.98. The van der Waals surface area contributed by atoms with Crippen LogP contribution in [-0.4, -0.2) is 25.0 Å². The lowest BCUT2D eigenvalue weighted by atomic mass is 10.0. The van der Waals surface area contributed by atoms with Crippen LogP contribution in [0.4, 0.5) is 0 Å². The zero-order valence-electron chi connectivity index (χ0n) is 17.3. The third-order valence-corrected chi connectivity index (χ3v) is 5.38. The smallest absolute Gasteiger partial charge is 0.196 e. The number of hydrogen-bond donors (Lipinski definition) is 0. The Hall–Kier alpha value is -3.57. The van der Waals surface area contributed by atoms with Crippen molar-refractivity contribution in [1.29, 1.82) is 0 Å². The molecule has 0 spiro atoms. The minimum absolute atomic E-state index is 0.171. The number of pyridine rings is 1. The molecular formula is C25H20ClNO4. The Balaban J connectivity index is 1.84. The Bertz CT molecular complexity index is 1270. The van der Waals surface area contributed by atoms with Gasteiger partial charge < -0.3 is 14.2 Å². The van der Waals surface area contributed by atoms with E-state index in [1.165, 1.54) is 0 Å². The van der Waals surface area contributed by atoms with Crippen LogP contribution in [0.3, 0.4) is 0 Å². The molecule has 0 radical (unpaired) electrons. The zero-order valence-corrected chi connectivity index (χ0v) is 18.1. The van der Waals surface area contributed by atoms with E-state index in [1.807, 2.05) is 25.1 Å². The number of rotatable bonds is 6. The number of hydrogen-bond acceptors (Lipinski definition) is 5. The van der Waals surface area contributed by atoms with E-state index in [2.05, 4.69) is 4.98 Å². The van der Waals surface area contributed by atoms with Gasteiger partial charge in [0.2, 0.25) is 0 Å². The lowest BCUT2D eigenvalue weighted by molar-refractivity contribution is 0.103. The maximum atomic E-state index is 13.2. The number of ether oxygens (including phenoxy) is 3. The summed E-state index contributed by atoms with van der Waals surface area (Å²) in [6, 6.07) is 17.8. The summed E-state index contributed by atoms with van der Waals surface area (Å²) in [5.41, 5.74) is 2.42. The van der Waals surface area contributed by atoms with E-state index in [-0.39, 0.29) is 5.78 Å². The number of nitrogens with zero attached hydrogens (tertiary/aromatic N) is 1. The van der Waals surface area contributed by atoms with Crippen molar-refractivity contribution in [3.05, 3.63) is 88.6 Å². The van der Waals surface area contributed by atoms with Crippen molar-refractivity contribution in [2.45, 2.75) is 6.92 Å². The SMILES string of the molecule is COc1cc2nccc(Oc3cc(C)c(Cl)cc3C(=O)c3ccccc3)c2cc1OC. The normalized spacial score (nSPS) is 10.7. The summed E-state index contributed by atoms with van der Waals surface area (Å²) < 4.78 is 17.0. The van der Waals surface area contributed by atoms with Gasteiger partial charge in [-0.15, -0.1) is 0 Å². The number of carbonyl (C=O) groups excluding carboxylic acids is 1. The van der Waals surface area contributed by atoms with Crippen LogP contribution in [0.25, 0.3) is 10.9 Å². The van der Waals surface area contributed by atoms with Crippen molar-refractivity contribution in [2.75, 3.05) is 14.2 Å². The molecule has 6 heteroatoms. The van der Waals surface area contributed by atoms with Crippen LogP contribution >= 0.6 is 11.6 Å². The average Bonchev–Trinajstić information content (AvgIpc) is 2.80. The van der Waals surface area contributed by atoms with Gasteiger partial charge in [-0.1, -0.05) is 41.9 Å². The third kappa shape index (κ3) is 4.05. The first-order valence-electron chi connectivity index (χ1n) is 9.60. The van der Waals surface area contributed by atoms with Crippen molar-refractivity contribution in [3.8, 4) is 23.0 Å². The highest BCUT2D eigenvalue weighted by molar-refractivity contribution is 6.32. The second kappa shape index (κ2) is 8.66. The molecule has 4 rings (SSSR count). The molecule has 0 saturated heterocycles. The van der Waals surface area contributed by atoms with Gasteiger partial charge in [0.1, 0.15) is 11.5 Å². The molecule has 0 bridgehead atoms. The van der Waals surface area contributed by atoms with Gasteiger partial charge in [-0.05, 0) is 36.8 Å². The number of fused-ring (bicyclic) bond motifs is 1. The molecule has 31 heavy (non-hydrogen) atoms. The Morgan fingerprint density at radius 2 is 1.58 bits per heavy atom. The fourth-order valence-corrected chi connectivity index (χ4v) is 3.48. The highest BCUT2D eigenvalue weighted by Gasteiger charge is 2.19. The second-order valence-corrected chi connectivity index (χ2v) is 7.34. The maximum absolute atomic E-state index is 13.2. The second-order valence-electron chi connectivity index (χ2n) is 6.93. The number of aryl methyl sites for hydroxylation is 1. The zero-order chi connectivity index (χ0) is 22.0. The number of ketones is 1. The van der Waals surface area contributed by atoms with Crippen LogP contribution in [0.15, 0.2) is 66.9 Å². The minimum Gasteiger partial charge on any atom is -0.493 e. The summed E-state index contributed by atoms with van der Waals surface area (Å²) in [4.78, 5) is 17.6. The topological polar surface area (TPSA) is 57.7 Å². The first-order chi connectivity index (χ1) is 15.0. The number of benzene rings is 3. The third-order valence-electron chi connectivity index (χ3n) is 4.97. The largest absolute Gasteiger partial charge is 0.493 e. The molecule has 1 aromatic heterocycles. The molecule has 0 atom stereocenters. The molecule has 5 nitrogen and oxygen atoms in total. The molecule has 4 aromatic rings. The monoisotopic (exact) mass is 433 g/mol. The van der Waals surface area contributed by atoms with E-state index in [4.69, 9.17) is 25.8 Å². The number of methoxy groups -OCH3 is 2. The molecule has 0 aliphatic carbocycles. The van der Waals surface area contributed by atoms with E-state index >= 15 is 0 Å². The number of aromatic nitrogens is 1. The average molecular weight is 434 g/mol. The Morgan fingerprint density at radius 1 is 0.871 bits per heavy atom. The summed E-state index contributed by atoms with van der Waals surface area (Å²) in [6.45, 7) is 1.87. The fourth-order valence-electron chi connectivity index (χ4n) is 3.32. The molecule has 1 heterocycles. The number of carbonyl (C=O) groups is 1. The van der Waals surface area contributed by atoms with E-state index < -0.39 is 0 Å². The van der Waals surface area contributed by atoms with Crippen molar-refractivity contribution < 1.29 is 19.0 Å². The quantitative estimate of drug-likeness (QED) is 0.337. The van der Waals surface area contributed by atoms with Crippen LogP contribution in [0.1, 0.15) is 21.5 Å². The summed E-state index contributed by atoms with van der Waals surface area (Å²) in [7, 11) is 3.14. The summed E-state index contributed by atoms with van der Waals surface area (Å²) in [5.74, 6) is 1.91. The van der Waals surface area contributed by atoms with Gasteiger partial charge in [-0.3, -0.25) is 9.78 Å². The van der Waals surface area contributed by atoms with E-state index in [9.17, 15) is 4.79 Å². The molecular weight excluding hydrogens is 414 g/mol. The maximum Gasteiger partial charge on any atom is 0.196 e. The van der Waals surface area contributed by atoms with Gasteiger partial charge >= 0.3 is 0 Å². The van der Waals surface area contributed by atoms with Crippen molar-refractivity contribution >= 4 is 28.3 Å². The van der Waals surface area contributed by atoms with Crippen LogP contribution in [-0.2, 0) is 0 Å². The minimum atomic E-state index is -0.171. The van der Waals surface area contributed by atoms with Gasteiger partial charge in [0, 0.05) is 28.2 Å². The number of halogens is 1.